The number of esters is 1. The Hall–Kier alpha value is -2.12. The first kappa shape index (κ1) is 88.9. The lowest BCUT2D eigenvalue weighted by atomic mass is 9.99. The molecule has 0 radical (unpaired) electrons. The summed E-state index contributed by atoms with van der Waals surface area (Å²) in [6.07, 6.45) is 83.2. The number of hydrogen-bond acceptors (Lipinski definition) is 10. The SMILES string of the molecule is CCCC/C=C\CCCCCCCC(=O)OCCCCCCCCCCCCCCCCCCCC/C=C\CCCCCCCCCCCCCCCCCCCC(=O)NC(COC1OC(CO)C(O)C(O)C1O)C(O)/C=C/CCCCCCCCCCCCCCC. The highest BCUT2D eigenvalue weighted by Crippen LogP contribution is 2.24. The Kier molecular flexibility index (Phi) is 68.0. The van der Waals surface area contributed by atoms with Gasteiger partial charge in [-0.2, -0.15) is 0 Å². The van der Waals surface area contributed by atoms with E-state index in [0.717, 1.165) is 57.8 Å². The maximum Gasteiger partial charge on any atom is 0.305 e. The van der Waals surface area contributed by atoms with Crippen molar-refractivity contribution in [1.29, 1.82) is 0 Å². The van der Waals surface area contributed by atoms with Crippen molar-refractivity contribution in [2.75, 3.05) is 19.8 Å². The maximum atomic E-state index is 13.1. The minimum atomic E-state index is -1.57. The van der Waals surface area contributed by atoms with Crippen LogP contribution in [0.5, 0.6) is 0 Å². The van der Waals surface area contributed by atoms with E-state index >= 15 is 0 Å². The minimum absolute atomic E-state index is 0.00612. The first-order valence-electron chi connectivity index (χ1n) is 40.8. The zero-order valence-corrected chi connectivity index (χ0v) is 61.2. The summed E-state index contributed by atoms with van der Waals surface area (Å²) < 4.78 is 16.8. The Balaban J connectivity index is 1.91. The Labute approximate surface area is 574 Å². The molecular formula is C82H155NO10. The molecule has 1 amide bonds. The van der Waals surface area contributed by atoms with Crippen LogP contribution in [-0.2, 0) is 23.8 Å². The molecule has 548 valence electrons. The number of aliphatic hydroxyl groups is 5. The van der Waals surface area contributed by atoms with Gasteiger partial charge in [-0.15, -0.1) is 0 Å². The second-order valence-electron chi connectivity index (χ2n) is 28.5. The molecule has 6 N–H and O–H groups in total. The van der Waals surface area contributed by atoms with Gasteiger partial charge in [0.1, 0.15) is 24.4 Å². The summed E-state index contributed by atoms with van der Waals surface area (Å²) in [6, 6.07) is -0.807. The largest absolute Gasteiger partial charge is 0.466 e. The third-order valence-electron chi connectivity index (χ3n) is 19.5. The quantitative estimate of drug-likeness (QED) is 0.0195. The number of nitrogens with one attached hydrogen (secondary N) is 1. The minimum Gasteiger partial charge on any atom is -0.466 e. The van der Waals surface area contributed by atoms with Crippen LogP contribution in [0, 0.1) is 0 Å². The first-order valence-corrected chi connectivity index (χ1v) is 40.8. The number of aliphatic hydroxyl groups excluding tert-OH is 5. The lowest BCUT2D eigenvalue weighted by Crippen LogP contribution is -2.60. The fourth-order valence-corrected chi connectivity index (χ4v) is 13.1. The van der Waals surface area contributed by atoms with E-state index in [-0.39, 0.29) is 18.5 Å². The molecule has 1 fully saturated rings. The van der Waals surface area contributed by atoms with Crippen LogP contribution in [-0.4, -0.2) is 100 Å². The topological polar surface area (TPSA) is 175 Å². The molecule has 1 rings (SSSR count). The van der Waals surface area contributed by atoms with Crippen molar-refractivity contribution in [1.82, 2.24) is 5.32 Å². The van der Waals surface area contributed by atoms with E-state index in [9.17, 15) is 35.1 Å². The molecule has 1 aliphatic rings. The molecule has 0 aromatic rings. The average Bonchev–Trinajstić information content (AvgIpc) is 0.905. The van der Waals surface area contributed by atoms with Gasteiger partial charge >= 0.3 is 5.97 Å². The van der Waals surface area contributed by atoms with Crippen molar-refractivity contribution in [3.63, 3.8) is 0 Å². The molecule has 93 heavy (non-hydrogen) atoms. The zero-order chi connectivity index (χ0) is 67.2. The van der Waals surface area contributed by atoms with Crippen LogP contribution in [0.15, 0.2) is 36.5 Å². The normalized spacial score (nSPS) is 17.6. The summed E-state index contributed by atoms with van der Waals surface area (Å²) in [5, 5.41) is 54.7. The predicted octanol–water partition coefficient (Wildman–Crippen LogP) is 22.1. The molecule has 0 aromatic carbocycles. The third kappa shape index (κ3) is 59.6. The highest BCUT2D eigenvalue weighted by atomic mass is 16.7. The lowest BCUT2D eigenvalue weighted by Gasteiger charge is -2.40. The number of amides is 1. The summed E-state index contributed by atoms with van der Waals surface area (Å²) in [4.78, 5) is 25.1. The van der Waals surface area contributed by atoms with Crippen molar-refractivity contribution in [2.45, 2.75) is 455 Å². The summed E-state index contributed by atoms with van der Waals surface area (Å²) in [6.45, 7) is 4.37. The molecule has 11 heteroatoms. The summed E-state index contributed by atoms with van der Waals surface area (Å²) in [7, 11) is 0. The molecule has 0 saturated carbocycles. The van der Waals surface area contributed by atoms with Gasteiger partial charge in [-0.1, -0.05) is 359 Å². The van der Waals surface area contributed by atoms with Gasteiger partial charge in [0.05, 0.1) is 32.0 Å². The fourth-order valence-electron chi connectivity index (χ4n) is 13.1. The monoisotopic (exact) mass is 1310 g/mol. The van der Waals surface area contributed by atoms with Crippen LogP contribution in [0.3, 0.4) is 0 Å². The van der Waals surface area contributed by atoms with Crippen LogP contribution in [0.2, 0.25) is 0 Å². The van der Waals surface area contributed by atoms with Gasteiger partial charge in [0.15, 0.2) is 6.29 Å². The molecule has 1 aliphatic heterocycles. The number of carbonyl (C=O) groups is 2. The van der Waals surface area contributed by atoms with Gasteiger partial charge in [-0.3, -0.25) is 9.59 Å². The van der Waals surface area contributed by atoms with E-state index < -0.39 is 49.5 Å². The smallest absolute Gasteiger partial charge is 0.305 e. The molecular weight excluding hydrogens is 1160 g/mol. The highest BCUT2D eigenvalue weighted by Gasteiger charge is 2.44. The highest BCUT2D eigenvalue weighted by molar-refractivity contribution is 5.76. The average molecular weight is 1320 g/mol. The molecule has 1 saturated heterocycles. The standard InChI is InChI=1S/C82H155NO10/c1-3-5-7-9-11-13-15-16-42-45-49-52-56-60-64-68-75(85)74(73-92-82-81(90)80(89)79(88)76(72-84)93-82)83-77(86)69-65-61-57-53-50-46-43-40-38-36-34-32-30-28-26-24-22-20-18-17-19-21-23-25-27-29-31-33-35-37-39-41-44-47-51-55-59-63-67-71-91-78(87)70-66-62-58-54-48-14-12-10-8-6-4-2/h10,12,17-18,64,68,74-76,79-82,84-85,88-90H,3-9,11,13-16,19-63,65-67,69-73H2,1-2H3,(H,83,86)/b12-10-,18-17-,68-64+. The molecule has 1 heterocycles. The van der Waals surface area contributed by atoms with Gasteiger partial charge in [-0.05, 0) is 77.0 Å². The van der Waals surface area contributed by atoms with Crippen LogP contribution in [0.25, 0.3) is 0 Å². The summed E-state index contributed by atoms with van der Waals surface area (Å²) >= 11 is 0. The van der Waals surface area contributed by atoms with Crippen LogP contribution in [0.1, 0.15) is 412 Å². The summed E-state index contributed by atoms with van der Waals surface area (Å²) in [5.41, 5.74) is 0. The Morgan fingerprint density at radius 1 is 0.387 bits per heavy atom. The molecule has 0 aromatic heterocycles. The molecule has 0 spiro atoms. The molecule has 7 atom stereocenters. The number of ether oxygens (including phenoxy) is 3. The number of rotatable bonds is 73. The number of carbonyl (C=O) groups excluding carboxylic acids is 2. The Bertz CT molecular complexity index is 1640. The van der Waals surface area contributed by atoms with E-state index in [0.29, 0.717) is 19.4 Å². The maximum absolute atomic E-state index is 13.1. The first-order chi connectivity index (χ1) is 45.7. The van der Waals surface area contributed by atoms with Gasteiger partial charge in [0.2, 0.25) is 5.91 Å². The van der Waals surface area contributed by atoms with E-state index in [1.807, 2.05) is 6.08 Å². The van der Waals surface area contributed by atoms with Crippen LogP contribution >= 0.6 is 0 Å². The Morgan fingerprint density at radius 3 is 1.06 bits per heavy atom. The van der Waals surface area contributed by atoms with Gasteiger partial charge < -0.3 is 45.1 Å². The van der Waals surface area contributed by atoms with Crippen molar-refractivity contribution in [2.24, 2.45) is 0 Å². The second-order valence-corrected chi connectivity index (χ2v) is 28.5. The van der Waals surface area contributed by atoms with Crippen LogP contribution < -0.4 is 5.32 Å². The van der Waals surface area contributed by atoms with E-state index in [4.69, 9.17) is 14.2 Å². The predicted molar refractivity (Wildman–Crippen MR) is 394 cm³/mol. The van der Waals surface area contributed by atoms with E-state index in [2.05, 4.69) is 43.5 Å². The van der Waals surface area contributed by atoms with Crippen molar-refractivity contribution < 1.29 is 49.3 Å². The van der Waals surface area contributed by atoms with Gasteiger partial charge in [0.25, 0.3) is 0 Å². The summed E-state index contributed by atoms with van der Waals surface area (Å²) in [5.74, 6) is -0.168. The molecule has 0 bridgehead atoms. The van der Waals surface area contributed by atoms with Crippen molar-refractivity contribution >= 4 is 11.9 Å². The van der Waals surface area contributed by atoms with Crippen molar-refractivity contribution in [3.05, 3.63) is 36.5 Å². The fraction of sp³-hybridized carbons (Fsp3) is 0.902. The number of allylic oxidation sites excluding steroid dienone is 5. The lowest BCUT2D eigenvalue weighted by molar-refractivity contribution is -0.302. The zero-order valence-electron chi connectivity index (χ0n) is 61.2. The van der Waals surface area contributed by atoms with Crippen molar-refractivity contribution in [3.8, 4) is 0 Å². The molecule has 11 nitrogen and oxygen atoms in total. The van der Waals surface area contributed by atoms with Gasteiger partial charge in [0, 0.05) is 12.8 Å². The number of hydrogen-bond donors (Lipinski definition) is 6. The molecule has 7 unspecified atom stereocenters. The third-order valence-corrected chi connectivity index (χ3v) is 19.5. The van der Waals surface area contributed by atoms with E-state index in [1.54, 1.807) is 6.08 Å². The molecule has 0 aliphatic carbocycles. The van der Waals surface area contributed by atoms with E-state index in [1.165, 1.54) is 327 Å². The second kappa shape index (κ2) is 71.2. The Morgan fingerprint density at radius 2 is 0.699 bits per heavy atom. The number of unbranched alkanes of at least 4 members (excludes halogenated alkanes) is 55. The van der Waals surface area contributed by atoms with Gasteiger partial charge in [-0.25, -0.2) is 0 Å². The van der Waals surface area contributed by atoms with Crippen LogP contribution in [0.4, 0.5) is 0 Å².